The summed E-state index contributed by atoms with van der Waals surface area (Å²) in [6.07, 6.45) is 3.61. The lowest BCUT2D eigenvalue weighted by molar-refractivity contribution is 0.0928. The van der Waals surface area contributed by atoms with E-state index in [-0.39, 0.29) is 17.5 Å². The number of carbonyl (C=O) groups excluding carboxylic acids is 1. The molecular formula is C18H17N5O2. The second kappa shape index (κ2) is 6.08. The molecule has 0 saturated carbocycles. The van der Waals surface area contributed by atoms with Crippen LogP contribution in [0.2, 0.25) is 0 Å². The first-order valence-electron chi connectivity index (χ1n) is 8.19. The summed E-state index contributed by atoms with van der Waals surface area (Å²) in [5.74, 6) is -0.247. The van der Waals surface area contributed by atoms with Gasteiger partial charge in [0.1, 0.15) is 5.69 Å². The number of nitrogens with zero attached hydrogens (tertiary/aromatic N) is 4. The van der Waals surface area contributed by atoms with Crippen molar-refractivity contribution in [2.24, 2.45) is 7.05 Å². The third kappa shape index (κ3) is 3.00. The Kier molecular flexibility index (Phi) is 3.76. The van der Waals surface area contributed by atoms with Gasteiger partial charge in [-0.25, -0.2) is 9.67 Å². The minimum absolute atomic E-state index is 0.0397. The van der Waals surface area contributed by atoms with Crippen molar-refractivity contribution in [2.75, 3.05) is 0 Å². The van der Waals surface area contributed by atoms with Gasteiger partial charge >= 0.3 is 0 Å². The molecule has 0 bridgehead atoms. The van der Waals surface area contributed by atoms with Gasteiger partial charge in [-0.2, -0.15) is 5.10 Å². The maximum absolute atomic E-state index is 12.5. The highest BCUT2D eigenvalue weighted by Gasteiger charge is 2.23. The molecule has 0 aliphatic heterocycles. The smallest absolute Gasteiger partial charge is 0.271 e. The molecule has 1 aromatic carbocycles. The summed E-state index contributed by atoms with van der Waals surface area (Å²) in [5.41, 5.74) is 3.45. The fourth-order valence-electron chi connectivity index (χ4n) is 3.14. The van der Waals surface area contributed by atoms with E-state index in [2.05, 4.69) is 20.4 Å². The van der Waals surface area contributed by atoms with Gasteiger partial charge in [0.25, 0.3) is 11.5 Å². The fourth-order valence-corrected chi connectivity index (χ4v) is 3.14. The first-order chi connectivity index (χ1) is 12.1. The Balaban J connectivity index is 1.52. The Bertz CT molecular complexity index is 1030. The van der Waals surface area contributed by atoms with Crippen molar-refractivity contribution in [3.8, 4) is 0 Å². The van der Waals surface area contributed by atoms with E-state index in [9.17, 15) is 9.59 Å². The summed E-state index contributed by atoms with van der Waals surface area (Å²) < 4.78 is 1.35. The normalized spacial score (nSPS) is 16.4. The predicted molar refractivity (Wildman–Crippen MR) is 92.3 cm³/mol. The molecule has 0 unspecified atom stereocenters. The topological polar surface area (TPSA) is 89.8 Å². The standard InChI is InChI=1S/C18H17N5O2/c1-23-17(24)9-11-8-12(6-7-13(11)22-23)20-18(25)16-10-19-14-4-2-3-5-15(14)21-16/h2-5,9-10,12H,6-8H2,1H3,(H,20,25)/t12-/m1/s1. The fraction of sp³-hybridized carbons (Fsp3) is 0.278. The van der Waals surface area contributed by atoms with Crippen LogP contribution in [0.1, 0.15) is 28.2 Å². The minimum atomic E-state index is -0.247. The molecule has 0 radical (unpaired) electrons. The zero-order valence-corrected chi connectivity index (χ0v) is 13.8. The number of hydrogen-bond acceptors (Lipinski definition) is 5. The number of aryl methyl sites for hydroxylation is 2. The summed E-state index contributed by atoms with van der Waals surface area (Å²) in [6, 6.07) is 9.00. The van der Waals surface area contributed by atoms with Gasteiger partial charge in [0, 0.05) is 19.2 Å². The van der Waals surface area contributed by atoms with Crippen molar-refractivity contribution in [2.45, 2.75) is 25.3 Å². The predicted octanol–water partition coefficient (Wildman–Crippen LogP) is 1.01. The van der Waals surface area contributed by atoms with Crippen LogP contribution in [0.4, 0.5) is 0 Å². The van der Waals surface area contributed by atoms with Crippen molar-refractivity contribution in [1.82, 2.24) is 25.1 Å². The number of benzene rings is 1. The zero-order chi connectivity index (χ0) is 17.4. The van der Waals surface area contributed by atoms with Crippen molar-refractivity contribution < 1.29 is 4.79 Å². The summed E-state index contributed by atoms with van der Waals surface area (Å²) >= 11 is 0. The van der Waals surface area contributed by atoms with Crippen LogP contribution in [0.3, 0.4) is 0 Å². The van der Waals surface area contributed by atoms with E-state index in [0.717, 1.165) is 29.6 Å². The van der Waals surface area contributed by atoms with E-state index in [1.807, 2.05) is 24.3 Å². The van der Waals surface area contributed by atoms with Gasteiger partial charge in [-0.05, 0) is 37.0 Å². The van der Waals surface area contributed by atoms with E-state index in [1.54, 1.807) is 13.1 Å². The maximum atomic E-state index is 12.5. The average Bonchev–Trinajstić information content (AvgIpc) is 2.62. The van der Waals surface area contributed by atoms with Crippen LogP contribution < -0.4 is 10.9 Å². The lowest BCUT2D eigenvalue weighted by atomic mass is 9.92. The highest BCUT2D eigenvalue weighted by Crippen LogP contribution is 2.18. The van der Waals surface area contributed by atoms with Gasteiger partial charge in [-0.15, -0.1) is 0 Å². The second-order valence-electron chi connectivity index (χ2n) is 6.24. The van der Waals surface area contributed by atoms with Crippen LogP contribution >= 0.6 is 0 Å². The molecule has 3 aromatic rings. The zero-order valence-electron chi connectivity index (χ0n) is 13.8. The van der Waals surface area contributed by atoms with Gasteiger partial charge in [0.15, 0.2) is 0 Å². The van der Waals surface area contributed by atoms with Gasteiger partial charge in [0.05, 0.1) is 22.9 Å². The Labute approximate surface area is 143 Å². The molecular weight excluding hydrogens is 318 g/mol. The number of para-hydroxylation sites is 2. The van der Waals surface area contributed by atoms with Crippen molar-refractivity contribution in [1.29, 1.82) is 0 Å². The van der Waals surface area contributed by atoms with Crippen LogP contribution in [-0.2, 0) is 19.9 Å². The molecule has 0 saturated heterocycles. The maximum Gasteiger partial charge on any atom is 0.271 e. The number of nitrogens with one attached hydrogen (secondary N) is 1. The van der Waals surface area contributed by atoms with Crippen molar-refractivity contribution >= 4 is 16.9 Å². The lowest BCUT2D eigenvalue weighted by Gasteiger charge is -2.24. The van der Waals surface area contributed by atoms with Gasteiger partial charge < -0.3 is 5.32 Å². The molecule has 1 aliphatic carbocycles. The summed E-state index contributed by atoms with van der Waals surface area (Å²) in [5, 5.41) is 7.29. The van der Waals surface area contributed by atoms with Gasteiger partial charge in [-0.1, -0.05) is 12.1 Å². The summed E-state index contributed by atoms with van der Waals surface area (Å²) in [7, 11) is 1.65. The molecule has 0 spiro atoms. The van der Waals surface area contributed by atoms with Crippen molar-refractivity contribution in [3.05, 3.63) is 63.8 Å². The molecule has 2 heterocycles. The van der Waals surface area contributed by atoms with E-state index in [0.29, 0.717) is 17.6 Å². The monoisotopic (exact) mass is 335 g/mol. The van der Waals surface area contributed by atoms with Crippen LogP contribution in [0, 0.1) is 0 Å². The molecule has 126 valence electrons. The van der Waals surface area contributed by atoms with E-state index >= 15 is 0 Å². The van der Waals surface area contributed by atoms with Crippen LogP contribution in [0.25, 0.3) is 11.0 Å². The Hall–Kier alpha value is -3.09. The lowest BCUT2D eigenvalue weighted by Crippen LogP contribution is -2.40. The molecule has 1 N–H and O–H groups in total. The molecule has 0 fully saturated rings. The van der Waals surface area contributed by atoms with E-state index in [1.165, 1.54) is 10.9 Å². The quantitative estimate of drug-likeness (QED) is 0.755. The molecule has 7 nitrogen and oxygen atoms in total. The molecule has 2 aromatic heterocycles. The summed E-state index contributed by atoms with van der Waals surface area (Å²) in [6.45, 7) is 0. The summed E-state index contributed by atoms with van der Waals surface area (Å²) in [4.78, 5) is 32.9. The first kappa shape index (κ1) is 15.4. The van der Waals surface area contributed by atoms with E-state index < -0.39 is 0 Å². The van der Waals surface area contributed by atoms with Crippen LogP contribution in [-0.4, -0.2) is 31.7 Å². The third-order valence-corrected chi connectivity index (χ3v) is 4.47. The average molecular weight is 335 g/mol. The number of carbonyl (C=O) groups is 1. The number of rotatable bonds is 2. The Morgan fingerprint density at radius 1 is 1.28 bits per heavy atom. The number of hydrogen-bond donors (Lipinski definition) is 1. The minimum Gasteiger partial charge on any atom is -0.348 e. The highest BCUT2D eigenvalue weighted by atomic mass is 16.2. The van der Waals surface area contributed by atoms with Gasteiger partial charge in [-0.3, -0.25) is 14.6 Å². The third-order valence-electron chi connectivity index (χ3n) is 4.47. The second-order valence-corrected chi connectivity index (χ2v) is 6.24. The number of aromatic nitrogens is 4. The molecule has 1 amide bonds. The van der Waals surface area contributed by atoms with E-state index in [4.69, 9.17) is 0 Å². The Morgan fingerprint density at radius 2 is 2.08 bits per heavy atom. The highest BCUT2D eigenvalue weighted by molar-refractivity contribution is 5.93. The largest absolute Gasteiger partial charge is 0.348 e. The molecule has 25 heavy (non-hydrogen) atoms. The van der Waals surface area contributed by atoms with Crippen molar-refractivity contribution in [3.63, 3.8) is 0 Å². The Morgan fingerprint density at radius 3 is 2.92 bits per heavy atom. The van der Waals surface area contributed by atoms with Crippen LogP contribution in [0.15, 0.2) is 41.3 Å². The molecule has 1 atom stereocenters. The number of fused-ring (bicyclic) bond motifs is 2. The van der Waals surface area contributed by atoms with Gasteiger partial charge in [0.2, 0.25) is 0 Å². The SMILES string of the molecule is Cn1nc2c(cc1=O)C[C@H](NC(=O)c1cnc3ccccc3n1)CC2. The van der Waals surface area contributed by atoms with Crippen LogP contribution in [0.5, 0.6) is 0 Å². The molecule has 4 rings (SSSR count). The molecule has 1 aliphatic rings. The first-order valence-corrected chi connectivity index (χ1v) is 8.19. The molecule has 7 heteroatoms. The number of amides is 1.